The summed E-state index contributed by atoms with van der Waals surface area (Å²) in [6, 6.07) is 5.51. The quantitative estimate of drug-likeness (QED) is 0.610. The van der Waals surface area contributed by atoms with Crippen molar-refractivity contribution in [1.29, 1.82) is 0 Å². The first kappa shape index (κ1) is 18.1. The van der Waals surface area contributed by atoms with Gasteiger partial charge in [0.15, 0.2) is 5.78 Å². The zero-order chi connectivity index (χ0) is 18.8. The van der Waals surface area contributed by atoms with Crippen LogP contribution in [0.15, 0.2) is 36.4 Å². The fourth-order valence-electron chi connectivity index (χ4n) is 3.09. The first-order chi connectivity index (χ1) is 12.4. The Morgan fingerprint density at radius 1 is 0.808 bits per heavy atom. The Labute approximate surface area is 147 Å². The molecule has 1 amide bonds. The third-order valence-corrected chi connectivity index (χ3v) is 4.51. The predicted octanol–water partition coefficient (Wildman–Crippen LogP) is 3.98. The highest BCUT2D eigenvalue weighted by atomic mass is 19.1. The zero-order valence-corrected chi connectivity index (χ0v) is 13.6. The SMILES string of the molecule is O=C(c1ccc(F)cc1F)C1CCN(C(=O)c2ccc(F)cc2F)CC1. The number of hydrogen-bond donors (Lipinski definition) is 0. The molecule has 1 aliphatic rings. The second-order valence-corrected chi connectivity index (χ2v) is 6.18. The Morgan fingerprint density at radius 3 is 1.81 bits per heavy atom. The van der Waals surface area contributed by atoms with Gasteiger partial charge in [0, 0.05) is 31.1 Å². The molecule has 26 heavy (non-hydrogen) atoms. The fourth-order valence-corrected chi connectivity index (χ4v) is 3.09. The molecule has 0 saturated carbocycles. The summed E-state index contributed by atoms with van der Waals surface area (Å²) in [6.07, 6.45) is 0.564. The van der Waals surface area contributed by atoms with Crippen molar-refractivity contribution in [2.75, 3.05) is 13.1 Å². The molecule has 0 aliphatic carbocycles. The highest BCUT2D eigenvalue weighted by Crippen LogP contribution is 2.25. The van der Waals surface area contributed by atoms with E-state index in [1.54, 1.807) is 0 Å². The van der Waals surface area contributed by atoms with Crippen molar-refractivity contribution in [3.05, 3.63) is 70.8 Å². The first-order valence-corrected chi connectivity index (χ1v) is 8.10. The lowest BCUT2D eigenvalue weighted by molar-refractivity contribution is 0.0645. The molecule has 0 aromatic heterocycles. The van der Waals surface area contributed by atoms with Gasteiger partial charge < -0.3 is 4.90 Å². The van der Waals surface area contributed by atoms with Gasteiger partial charge in [-0.3, -0.25) is 9.59 Å². The molecule has 0 spiro atoms. The maximum absolute atomic E-state index is 13.8. The van der Waals surface area contributed by atoms with Crippen LogP contribution in [-0.2, 0) is 0 Å². The molecular weight excluding hydrogens is 350 g/mol. The van der Waals surface area contributed by atoms with Crippen molar-refractivity contribution < 1.29 is 27.2 Å². The minimum atomic E-state index is -0.943. The number of rotatable bonds is 3. The van der Waals surface area contributed by atoms with E-state index in [0.29, 0.717) is 12.1 Å². The zero-order valence-electron chi connectivity index (χ0n) is 13.6. The van der Waals surface area contributed by atoms with Gasteiger partial charge in [-0.15, -0.1) is 0 Å². The number of likely N-dealkylation sites (tertiary alicyclic amines) is 1. The Bertz CT molecular complexity index is 789. The summed E-state index contributed by atoms with van der Waals surface area (Å²) in [7, 11) is 0. The summed E-state index contributed by atoms with van der Waals surface area (Å²) < 4.78 is 53.4. The lowest BCUT2D eigenvalue weighted by atomic mass is 9.88. The van der Waals surface area contributed by atoms with Crippen molar-refractivity contribution in [3.63, 3.8) is 0 Å². The smallest absolute Gasteiger partial charge is 0.256 e. The van der Waals surface area contributed by atoms with E-state index in [1.165, 1.54) is 4.90 Å². The van der Waals surface area contributed by atoms with Gasteiger partial charge in [0.1, 0.15) is 23.3 Å². The first-order valence-electron chi connectivity index (χ1n) is 8.10. The molecule has 7 heteroatoms. The average Bonchev–Trinajstić information content (AvgIpc) is 2.61. The van der Waals surface area contributed by atoms with E-state index < -0.39 is 40.9 Å². The van der Waals surface area contributed by atoms with Crippen LogP contribution in [0.3, 0.4) is 0 Å². The monoisotopic (exact) mass is 365 g/mol. The molecule has 1 heterocycles. The second kappa shape index (κ2) is 7.27. The van der Waals surface area contributed by atoms with Gasteiger partial charge in [0.2, 0.25) is 0 Å². The Hall–Kier alpha value is -2.70. The van der Waals surface area contributed by atoms with E-state index >= 15 is 0 Å². The summed E-state index contributed by atoms with van der Waals surface area (Å²) in [5.74, 6) is -4.92. The van der Waals surface area contributed by atoms with E-state index in [4.69, 9.17) is 0 Å². The molecule has 2 aromatic rings. The number of halogens is 4. The Kier molecular flexibility index (Phi) is 5.06. The van der Waals surface area contributed by atoms with Crippen LogP contribution in [0.4, 0.5) is 17.6 Å². The van der Waals surface area contributed by atoms with E-state index in [1.807, 2.05) is 0 Å². The summed E-state index contributed by atoms with van der Waals surface area (Å²) in [4.78, 5) is 26.1. The number of carbonyl (C=O) groups excluding carboxylic acids is 2. The molecule has 0 atom stereocenters. The van der Waals surface area contributed by atoms with Crippen LogP contribution in [0.2, 0.25) is 0 Å². The lowest BCUT2D eigenvalue weighted by Gasteiger charge is -2.31. The average molecular weight is 365 g/mol. The standard InChI is InChI=1S/C19H15F4NO2/c20-12-1-3-14(16(22)9-12)18(25)11-5-7-24(8-6-11)19(26)15-4-2-13(21)10-17(15)23/h1-4,9-11H,5-8H2. The molecule has 1 aliphatic heterocycles. The molecule has 2 aromatic carbocycles. The largest absolute Gasteiger partial charge is 0.339 e. The van der Waals surface area contributed by atoms with E-state index in [2.05, 4.69) is 0 Å². The molecule has 3 rings (SSSR count). The van der Waals surface area contributed by atoms with Crippen LogP contribution in [0.1, 0.15) is 33.6 Å². The minimum Gasteiger partial charge on any atom is -0.339 e. The van der Waals surface area contributed by atoms with E-state index in [-0.39, 0.29) is 37.1 Å². The van der Waals surface area contributed by atoms with Crippen LogP contribution < -0.4 is 0 Å². The Morgan fingerprint density at radius 2 is 1.31 bits per heavy atom. The van der Waals surface area contributed by atoms with Gasteiger partial charge >= 0.3 is 0 Å². The molecular formula is C19H15F4NO2. The number of carbonyl (C=O) groups is 2. The highest BCUT2D eigenvalue weighted by Gasteiger charge is 2.30. The van der Waals surface area contributed by atoms with Gasteiger partial charge in [0.05, 0.1) is 11.1 Å². The minimum absolute atomic E-state index is 0.180. The topological polar surface area (TPSA) is 37.4 Å². The van der Waals surface area contributed by atoms with Crippen LogP contribution >= 0.6 is 0 Å². The summed E-state index contributed by atoms with van der Waals surface area (Å²) in [6.45, 7) is 0.379. The molecule has 0 bridgehead atoms. The van der Waals surface area contributed by atoms with Crippen LogP contribution in [-0.4, -0.2) is 29.7 Å². The second-order valence-electron chi connectivity index (χ2n) is 6.18. The van der Waals surface area contributed by atoms with Gasteiger partial charge in [-0.2, -0.15) is 0 Å². The number of hydrogen-bond acceptors (Lipinski definition) is 2. The fraction of sp³-hybridized carbons (Fsp3) is 0.263. The molecule has 0 N–H and O–H groups in total. The summed E-state index contributed by atoms with van der Waals surface area (Å²) in [5, 5.41) is 0. The van der Waals surface area contributed by atoms with Crippen molar-refractivity contribution in [2.24, 2.45) is 5.92 Å². The molecule has 1 fully saturated rings. The molecule has 3 nitrogen and oxygen atoms in total. The van der Waals surface area contributed by atoms with E-state index in [0.717, 1.165) is 24.3 Å². The molecule has 0 unspecified atom stereocenters. The predicted molar refractivity (Wildman–Crippen MR) is 85.7 cm³/mol. The number of nitrogens with zero attached hydrogens (tertiary/aromatic N) is 1. The van der Waals surface area contributed by atoms with Crippen molar-refractivity contribution in [1.82, 2.24) is 4.90 Å². The summed E-state index contributed by atoms with van der Waals surface area (Å²) in [5.41, 5.74) is -0.415. The number of Topliss-reactive ketones (excluding diaryl/α,β-unsaturated/α-hetero) is 1. The maximum Gasteiger partial charge on any atom is 0.256 e. The number of ketones is 1. The molecule has 1 saturated heterocycles. The van der Waals surface area contributed by atoms with Crippen molar-refractivity contribution in [3.8, 4) is 0 Å². The normalized spacial score (nSPS) is 15.2. The van der Waals surface area contributed by atoms with E-state index in [9.17, 15) is 27.2 Å². The van der Waals surface area contributed by atoms with Crippen LogP contribution in [0.5, 0.6) is 0 Å². The third-order valence-electron chi connectivity index (χ3n) is 4.51. The van der Waals surface area contributed by atoms with Gasteiger partial charge in [-0.1, -0.05) is 0 Å². The van der Waals surface area contributed by atoms with Gasteiger partial charge in [-0.05, 0) is 37.1 Å². The highest BCUT2D eigenvalue weighted by molar-refractivity contribution is 5.98. The van der Waals surface area contributed by atoms with Gasteiger partial charge in [-0.25, -0.2) is 17.6 Å². The number of benzene rings is 2. The Balaban J connectivity index is 1.67. The van der Waals surface area contributed by atoms with Crippen LogP contribution in [0.25, 0.3) is 0 Å². The molecule has 136 valence electrons. The van der Waals surface area contributed by atoms with Gasteiger partial charge in [0.25, 0.3) is 5.91 Å². The van der Waals surface area contributed by atoms with Crippen LogP contribution in [0, 0.1) is 29.2 Å². The summed E-state index contributed by atoms with van der Waals surface area (Å²) >= 11 is 0. The van der Waals surface area contributed by atoms with Crippen molar-refractivity contribution in [2.45, 2.75) is 12.8 Å². The maximum atomic E-state index is 13.8. The number of amides is 1. The number of piperidine rings is 1. The lowest BCUT2D eigenvalue weighted by Crippen LogP contribution is -2.40. The third kappa shape index (κ3) is 3.61. The molecule has 0 radical (unpaired) electrons. The van der Waals surface area contributed by atoms with Crippen molar-refractivity contribution >= 4 is 11.7 Å².